The minimum Gasteiger partial charge on any atom is -0.336 e. The third kappa shape index (κ3) is 2.74. The van der Waals surface area contributed by atoms with E-state index >= 15 is 0 Å². The van der Waals surface area contributed by atoms with Crippen LogP contribution in [0.1, 0.15) is 33.7 Å². The number of thiophene rings is 1. The van der Waals surface area contributed by atoms with E-state index in [4.69, 9.17) is 0 Å². The molecule has 124 valence electrons. The number of carbonyl (C=O) groups excluding carboxylic acids is 1. The van der Waals surface area contributed by atoms with E-state index in [1.54, 1.807) is 0 Å². The van der Waals surface area contributed by atoms with Crippen molar-refractivity contribution < 1.29 is 4.79 Å². The van der Waals surface area contributed by atoms with E-state index < -0.39 is 0 Å². The lowest BCUT2D eigenvalue weighted by Crippen LogP contribution is -2.35. The van der Waals surface area contributed by atoms with Crippen LogP contribution in [0.3, 0.4) is 0 Å². The molecule has 2 aromatic heterocycles. The van der Waals surface area contributed by atoms with E-state index in [1.807, 2.05) is 25.7 Å². The summed E-state index contributed by atoms with van der Waals surface area (Å²) in [6.45, 7) is 9.73. The van der Waals surface area contributed by atoms with E-state index in [1.165, 1.54) is 11.3 Å². The quantitative estimate of drug-likeness (QED) is 0.848. The normalized spacial score (nSPS) is 21.6. The van der Waals surface area contributed by atoms with Crippen LogP contribution in [0.2, 0.25) is 0 Å². The van der Waals surface area contributed by atoms with Gasteiger partial charge in [0.05, 0.1) is 4.88 Å². The molecule has 23 heavy (non-hydrogen) atoms. The summed E-state index contributed by atoms with van der Waals surface area (Å²) < 4.78 is 0. The fourth-order valence-corrected chi connectivity index (χ4v) is 4.85. The summed E-state index contributed by atoms with van der Waals surface area (Å²) in [4.78, 5) is 27.9. The topological polar surface area (TPSA) is 49.3 Å². The summed E-state index contributed by atoms with van der Waals surface area (Å²) in [6, 6.07) is 0.428. The zero-order valence-corrected chi connectivity index (χ0v) is 15.5. The highest BCUT2D eigenvalue weighted by atomic mass is 32.1. The Morgan fingerprint density at radius 1 is 1.22 bits per heavy atom. The maximum atomic E-state index is 13.0. The molecule has 1 fully saturated rings. The molecule has 0 N–H and O–H groups in total. The summed E-state index contributed by atoms with van der Waals surface area (Å²) in [5.74, 6) is 1.39. The Balaban J connectivity index is 1.96. The molecule has 3 heterocycles. The van der Waals surface area contributed by atoms with Gasteiger partial charge in [-0.15, -0.1) is 11.3 Å². The smallest absolute Gasteiger partial charge is 0.264 e. The van der Waals surface area contributed by atoms with Crippen LogP contribution in [-0.4, -0.2) is 58.9 Å². The molecule has 1 saturated heterocycles. The number of rotatable bonds is 2. The van der Waals surface area contributed by atoms with Gasteiger partial charge in [-0.3, -0.25) is 4.79 Å². The van der Waals surface area contributed by atoms with E-state index in [0.29, 0.717) is 12.0 Å². The van der Waals surface area contributed by atoms with Crippen molar-refractivity contribution in [2.24, 2.45) is 5.92 Å². The van der Waals surface area contributed by atoms with Crippen molar-refractivity contribution in [1.82, 2.24) is 19.8 Å². The Morgan fingerprint density at radius 3 is 2.52 bits per heavy atom. The molecule has 1 aliphatic heterocycles. The molecule has 6 heteroatoms. The van der Waals surface area contributed by atoms with Gasteiger partial charge >= 0.3 is 0 Å². The summed E-state index contributed by atoms with van der Waals surface area (Å²) in [6.07, 6.45) is 0. The van der Waals surface area contributed by atoms with Crippen LogP contribution in [0, 0.1) is 26.7 Å². The molecule has 0 radical (unpaired) electrons. The molecule has 0 unspecified atom stereocenters. The standard InChI is InChI=1S/C17H24N4OS/c1-9-7-21(8-13(9)20(5)6)17(22)15-10(2)14-11(3)18-12(4)19-16(14)23-15/h9,13H,7-8H2,1-6H3/t9-,13-/m1/s1. The number of aromatic nitrogens is 2. The van der Waals surface area contributed by atoms with Crippen LogP contribution in [0.15, 0.2) is 0 Å². The van der Waals surface area contributed by atoms with Crippen molar-refractivity contribution in [2.75, 3.05) is 27.2 Å². The Hall–Kier alpha value is -1.53. The van der Waals surface area contributed by atoms with Gasteiger partial charge in [-0.05, 0) is 46.3 Å². The van der Waals surface area contributed by atoms with Gasteiger partial charge in [0.25, 0.3) is 5.91 Å². The summed E-state index contributed by atoms with van der Waals surface area (Å²) in [5.41, 5.74) is 1.98. The second-order valence-electron chi connectivity index (χ2n) is 6.81. The first-order chi connectivity index (χ1) is 10.8. The van der Waals surface area contributed by atoms with Gasteiger partial charge in [0.1, 0.15) is 10.7 Å². The second kappa shape index (κ2) is 5.83. The van der Waals surface area contributed by atoms with E-state index in [-0.39, 0.29) is 5.91 Å². The van der Waals surface area contributed by atoms with E-state index in [2.05, 4.69) is 35.9 Å². The van der Waals surface area contributed by atoms with Crippen molar-refractivity contribution in [3.8, 4) is 0 Å². The molecule has 3 rings (SSSR count). The van der Waals surface area contributed by atoms with Crippen LogP contribution in [-0.2, 0) is 0 Å². The molecular formula is C17H24N4OS. The number of amides is 1. The molecule has 0 aromatic carbocycles. The lowest BCUT2D eigenvalue weighted by Gasteiger charge is -2.22. The summed E-state index contributed by atoms with van der Waals surface area (Å²) in [7, 11) is 4.17. The minimum atomic E-state index is 0.138. The monoisotopic (exact) mass is 332 g/mol. The number of likely N-dealkylation sites (N-methyl/N-ethyl adjacent to an activating group) is 1. The molecule has 0 bridgehead atoms. The van der Waals surface area contributed by atoms with Gasteiger partial charge in [-0.2, -0.15) is 0 Å². The molecule has 2 atom stereocenters. The minimum absolute atomic E-state index is 0.138. The second-order valence-corrected chi connectivity index (χ2v) is 7.81. The van der Waals surface area contributed by atoms with Crippen LogP contribution >= 0.6 is 11.3 Å². The number of nitrogens with zero attached hydrogens (tertiary/aromatic N) is 4. The number of likely N-dealkylation sites (tertiary alicyclic amines) is 1. The van der Waals surface area contributed by atoms with Gasteiger partial charge < -0.3 is 9.80 Å². The van der Waals surface area contributed by atoms with Gasteiger partial charge in [-0.25, -0.2) is 9.97 Å². The largest absolute Gasteiger partial charge is 0.336 e. The highest BCUT2D eigenvalue weighted by Crippen LogP contribution is 2.33. The van der Waals surface area contributed by atoms with Gasteiger partial charge in [-0.1, -0.05) is 6.92 Å². The third-order valence-corrected chi connectivity index (χ3v) is 5.97. The molecule has 0 aliphatic carbocycles. The zero-order chi connectivity index (χ0) is 16.9. The lowest BCUT2D eigenvalue weighted by molar-refractivity contribution is 0.0785. The summed E-state index contributed by atoms with van der Waals surface area (Å²) in [5, 5.41) is 1.04. The first-order valence-electron chi connectivity index (χ1n) is 7.99. The number of aryl methyl sites for hydroxylation is 3. The molecule has 1 amide bonds. The molecular weight excluding hydrogens is 308 g/mol. The van der Waals surface area contributed by atoms with E-state index in [9.17, 15) is 4.79 Å². The fraction of sp³-hybridized carbons (Fsp3) is 0.588. The SMILES string of the molecule is Cc1nc(C)c2c(C)c(C(=O)N3C[C@@H](C)[C@H](N(C)C)C3)sc2n1. The van der Waals surface area contributed by atoms with Crippen molar-refractivity contribution in [2.45, 2.75) is 33.7 Å². The molecule has 1 aliphatic rings. The Bertz CT molecular complexity index is 768. The number of fused-ring (bicyclic) bond motifs is 1. The van der Waals surface area contributed by atoms with Crippen molar-refractivity contribution in [3.63, 3.8) is 0 Å². The maximum Gasteiger partial charge on any atom is 0.264 e. The Morgan fingerprint density at radius 2 is 1.91 bits per heavy atom. The highest BCUT2D eigenvalue weighted by molar-refractivity contribution is 7.20. The van der Waals surface area contributed by atoms with Crippen molar-refractivity contribution in [3.05, 3.63) is 22.0 Å². The maximum absolute atomic E-state index is 13.0. The van der Waals surface area contributed by atoms with Crippen LogP contribution in [0.5, 0.6) is 0 Å². The molecule has 5 nitrogen and oxygen atoms in total. The zero-order valence-electron chi connectivity index (χ0n) is 14.7. The molecule has 0 saturated carbocycles. The number of carbonyl (C=O) groups is 1. The molecule has 0 spiro atoms. The highest BCUT2D eigenvalue weighted by Gasteiger charge is 2.35. The van der Waals surface area contributed by atoms with Crippen LogP contribution in [0.25, 0.3) is 10.2 Å². The van der Waals surface area contributed by atoms with Crippen molar-refractivity contribution in [1.29, 1.82) is 0 Å². The number of hydrogen-bond acceptors (Lipinski definition) is 5. The Labute approximate surface area is 141 Å². The Kier molecular flexibility index (Phi) is 4.14. The van der Waals surface area contributed by atoms with Gasteiger partial charge in [0.15, 0.2) is 0 Å². The first kappa shape index (κ1) is 16.3. The molecule has 2 aromatic rings. The van der Waals surface area contributed by atoms with Crippen LogP contribution in [0.4, 0.5) is 0 Å². The van der Waals surface area contributed by atoms with Crippen molar-refractivity contribution >= 4 is 27.5 Å². The van der Waals surface area contributed by atoms with Crippen LogP contribution < -0.4 is 0 Å². The first-order valence-corrected chi connectivity index (χ1v) is 8.81. The predicted octanol–water partition coefficient (Wildman–Crippen LogP) is 2.64. The van der Waals surface area contributed by atoms with Gasteiger partial charge in [0.2, 0.25) is 0 Å². The average molecular weight is 332 g/mol. The summed E-state index contributed by atoms with van der Waals surface area (Å²) >= 11 is 1.50. The average Bonchev–Trinajstić information content (AvgIpc) is 2.99. The van der Waals surface area contributed by atoms with E-state index in [0.717, 1.165) is 45.3 Å². The lowest BCUT2D eigenvalue weighted by atomic mass is 10.1. The number of hydrogen-bond donors (Lipinski definition) is 0. The predicted molar refractivity (Wildman–Crippen MR) is 94.2 cm³/mol. The third-order valence-electron chi connectivity index (χ3n) is 4.80. The van der Waals surface area contributed by atoms with Gasteiger partial charge in [0, 0.05) is 30.2 Å². The fourth-order valence-electron chi connectivity index (χ4n) is 3.61.